The summed E-state index contributed by atoms with van der Waals surface area (Å²) in [5, 5.41) is 17.5. The zero-order valence-electron chi connectivity index (χ0n) is 14.8. The molecule has 5 nitrogen and oxygen atoms in total. The lowest BCUT2D eigenvalue weighted by Crippen LogP contribution is -2.28. The molecule has 0 aromatic rings. The van der Waals surface area contributed by atoms with E-state index in [9.17, 15) is 9.59 Å². The molecule has 0 aromatic carbocycles. The van der Waals surface area contributed by atoms with Crippen molar-refractivity contribution in [2.24, 2.45) is 0 Å². The molecule has 0 heterocycles. The van der Waals surface area contributed by atoms with Crippen LogP contribution in [0, 0.1) is 0 Å². The Morgan fingerprint density at radius 3 is 2.12 bits per heavy atom. The Bertz CT molecular complexity index is 387. The number of rotatable bonds is 14. The number of aliphatic hydroxyl groups excluding tert-OH is 2. The predicted octanol–water partition coefficient (Wildman–Crippen LogP) is 3.44. The number of unbranched alkanes of at least 4 members (excludes halogenated alkanes) is 9. The van der Waals surface area contributed by atoms with E-state index in [1.807, 2.05) is 6.08 Å². The molecule has 0 aliphatic heterocycles. The number of allylic oxidation sites excluding steroid dienone is 3. The molecule has 0 saturated carbocycles. The summed E-state index contributed by atoms with van der Waals surface area (Å²) in [6, 6.07) is 0. The molecule has 0 aromatic heterocycles. The van der Waals surface area contributed by atoms with Crippen molar-refractivity contribution >= 4 is 11.9 Å². The van der Waals surface area contributed by atoms with Gasteiger partial charge in [0.25, 0.3) is 0 Å². The first-order valence-corrected chi connectivity index (χ1v) is 8.99. The van der Waals surface area contributed by atoms with Crippen molar-refractivity contribution in [3.8, 4) is 0 Å². The van der Waals surface area contributed by atoms with Gasteiger partial charge in [-0.05, 0) is 12.8 Å². The average Bonchev–Trinajstić information content (AvgIpc) is 2.58. The summed E-state index contributed by atoms with van der Waals surface area (Å²) >= 11 is 0. The normalized spacial score (nSPS) is 12.8. The van der Waals surface area contributed by atoms with Gasteiger partial charge in [0.2, 0.25) is 0 Å². The Kier molecular flexibility index (Phi) is 15.4. The van der Waals surface area contributed by atoms with Crippen molar-refractivity contribution in [2.45, 2.75) is 77.2 Å². The fourth-order valence-corrected chi connectivity index (χ4v) is 2.16. The number of esters is 2. The van der Waals surface area contributed by atoms with Crippen molar-refractivity contribution < 1.29 is 24.5 Å². The molecule has 24 heavy (non-hydrogen) atoms. The quantitative estimate of drug-likeness (QED) is 0.166. The van der Waals surface area contributed by atoms with Gasteiger partial charge >= 0.3 is 11.9 Å². The van der Waals surface area contributed by atoms with E-state index in [-0.39, 0.29) is 0 Å². The Balaban J connectivity index is 3.54. The highest BCUT2D eigenvalue weighted by Gasteiger charge is 2.17. The average molecular weight is 340 g/mol. The highest BCUT2D eigenvalue weighted by atomic mass is 16.6. The second-order valence-electron chi connectivity index (χ2n) is 5.84. The van der Waals surface area contributed by atoms with Crippen LogP contribution in [0.2, 0.25) is 0 Å². The topological polar surface area (TPSA) is 83.8 Å². The monoisotopic (exact) mass is 340 g/mol. The van der Waals surface area contributed by atoms with E-state index in [2.05, 4.69) is 11.7 Å². The van der Waals surface area contributed by atoms with Crippen LogP contribution in [-0.4, -0.2) is 34.9 Å². The second-order valence-corrected chi connectivity index (χ2v) is 5.84. The number of aliphatic hydroxyl groups is 2. The molecule has 0 aliphatic rings. The molecule has 0 rings (SSSR count). The molecule has 1 unspecified atom stereocenters. The van der Waals surface area contributed by atoms with E-state index in [4.69, 9.17) is 10.2 Å². The maximum atomic E-state index is 11.2. The second kappa shape index (κ2) is 16.4. The van der Waals surface area contributed by atoms with Gasteiger partial charge in [-0.15, -0.1) is 0 Å². The Morgan fingerprint density at radius 2 is 1.54 bits per heavy atom. The van der Waals surface area contributed by atoms with E-state index in [1.165, 1.54) is 57.4 Å². The van der Waals surface area contributed by atoms with Gasteiger partial charge < -0.3 is 14.9 Å². The van der Waals surface area contributed by atoms with Crippen molar-refractivity contribution in [2.75, 3.05) is 6.61 Å². The number of carbonyl (C=O) groups is 2. The highest BCUT2D eigenvalue weighted by molar-refractivity contribution is 5.93. The first-order valence-electron chi connectivity index (χ1n) is 8.99. The summed E-state index contributed by atoms with van der Waals surface area (Å²) in [4.78, 5) is 22.2. The molecule has 2 N–H and O–H groups in total. The number of carbonyl (C=O) groups excluding carboxylic acids is 2. The lowest BCUT2D eigenvalue weighted by molar-refractivity contribution is -0.164. The number of ether oxygens (including phenoxy) is 1. The molecule has 1 atom stereocenters. The number of hydrogen-bond donors (Lipinski definition) is 2. The third-order valence-corrected chi connectivity index (χ3v) is 3.60. The molecule has 0 bridgehead atoms. The molecular weight excluding hydrogens is 308 g/mol. The Hall–Kier alpha value is -1.46. The number of hydrogen-bond acceptors (Lipinski definition) is 5. The summed E-state index contributed by atoms with van der Waals surface area (Å²) in [7, 11) is 0. The first-order chi connectivity index (χ1) is 11.6. The minimum atomic E-state index is -1.68. The van der Waals surface area contributed by atoms with Crippen molar-refractivity contribution in [1.29, 1.82) is 0 Å². The maximum Gasteiger partial charge on any atom is 0.345 e. The van der Waals surface area contributed by atoms with Gasteiger partial charge in [-0.1, -0.05) is 76.5 Å². The molecular formula is C19H32O5. The molecule has 5 heteroatoms. The SMILES string of the molecule is CCCCCCCCCCCC=CC=CC(=O)OC(=O)C(O)CO. The minimum absolute atomic E-state index is 0.769. The van der Waals surface area contributed by atoms with Crippen molar-refractivity contribution in [3.05, 3.63) is 24.3 Å². The van der Waals surface area contributed by atoms with Crippen LogP contribution in [0.15, 0.2) is 24.3 Å². The lowest BCUT2D eigenvalue weighted by Gasteiger charge is -2.03. The van der Waals surface area contributed by atoms with Crippen LogP contribution in [-0.2, 0) is 14.3 Å². The maximum absolute atomic E-state index is 11.2. The van der Waals surface area contributed by atoms with E-state index < -0.39 is 24.6 Å². The van der Waals surface area contributed by atoms with E-state index >= 15 is 0 Å². The fourth-order valence-electron chi connectivity index (χ4n) is 2.16. The van der Waals surface area contributed by atoms with Gasteiger partial charge in [-0.2, -0.15) is 0 Å². The predicted molar refractivity (Wildman–Crippen MR) is 94.3 cm³/mol. The van der Waals surface area contributed by atoms with Crippen LogP contribution in [0.25, 0.3) is 0 Å². The summed E-state index contributed by atoms with van der Waals surface area (Å²) in [6.45, 7) is 1.46. The molecule has 0 spiro atoms. The summed E-state index contributed by atoms with van der Waals surface area (Å²) in [6.07, 6.45) is 17.2. The molecule has 138 valence electrons. The standard InChI is InChI=1S/C19H32O5/c1-2-3-4-5-6-7-8-9-10-11-12-13-14-15-18(22)24-19(23)17(21)16-20/h12-15,17,20-21H,2-11,16H2,1H3. The van der Waals surface area contributed by atoms with E-state index in [0.717, 1.165) is 18.9 Å². The largest absolute Gasteiger partial charge is 0.393 e. The highest BCUT2D eigenvalue weighted by Crippen LogP contribution is 2.10. The molecule has 0 radical (unpaired) electrons. The third-order valence-electron chi connectivity index (χ3n) is 3.60. The zero-order valence-corrected chi connectivity index (χ0v) is 14.8. The Morgan fingerprint density at radius 1 is 0.958 bits per heavy atom. The van der Waals surface area contributed by atoms with Crippen LogP contribution in [0.4, 0.5) is 0 Å². The van der Waals surface area contributed by atoms with Gasteiger partial charge in [0.05, 0.1) is 6.61 Å². The van der Waals surface area contributed by atoms with Crippen LogP contribution in [0.3, 0.4) is 0 Å². The van der Waals surface area contributed by atoms with E-state index in [0.29, 0.717) is 0 Å². The van der Waals surface area contributed by atoms with Crippen LogP contribution >= 0.6 is 0 Å². The van der Waals surface area contributed by atoms with Crippen molar-refractivity contribution in [1.82, 2.24) is 0 Å². The molecule has 0 fully saturated rings. The smallest absolute Gasteiger partial charge is 0.345 e. The van der Waals surface area contributed by atoms with Crippen LogP contribution in [0.1, 0.15) is 71.1 Å². The molecule has 0 aliphatic carbocycles. The zero-order chi connectivity index (χ0) is 18.0. The van der Waals surface area contributed by atoms with Gasteiger partial charge in [-0.25, -0.2) is 9.59 Å². The summed E-state index contributed by atoms with van der Waals surface area (Å²) in [5.74, 6) is -2.01. The van der Waals surface area contributed by atoms with Gasteiger partial charge in [-0.3, -0.25) is 0 Å². The summed E-state index contributed by atoms with van der Waals surface area (Å²) in [5.41, 5.74) is 0. The Labute approximate surface area is 145 Å². The van der Waals surface area contributed by atoms with Gasteiger partial charge in [0, 0.05) is 6.08 Å². The molecule has 0 amide bonds. The van der Waals surface area contributed by atoms with Gasteiger partial charge in [0.15, 0.2) is 6.10 Å². The van der Waals surface area contributed by atoms with Crippen molar-refractivity contribution in [3.63, 3.8) is 0 Å². The van der Waals surface area contributed by atoms with Crippen LogP contribution < -0.4 is 0 Å². The fraction of sp³-hybridized carbons (Fsp3) is 0.684. The van der Waals surface area contributed by atoms with Gasteiger partial charge in [0.1, 0.15) is 0 Å². The van der Waals surface area contributed by atoms with Crippen LogP contribution in [0.5, 0.6) is 0 Å². The summed E-state index contributed by atoms with van der Waals surface area (Å²) < 4.78 is 4.30. The lowest BCUT2D eigenvalue weighted by atomic mass is 10.1. The third kappa shape index (κ3) is 14.2. The minimum Gasteiger partial charge on any atom is -0.393 e. The molecule has 0 saturated heterocycles. The first kappa shape index (κ1) is 22.5. The van der Waals surface area contributed by atoms with E-state index in [1.54, 1.807) is 6.08 Å².